The first-order valence-electron chi connectivity index (χ1n) is 11.1. The number of rotatable bonds is 2. The fourth-order valence-electron chi connectivity index (χ4n) is 5.05. The fourth-order valence-corrected chi connectivity index (χ4v) is 5.05. The van der Waals surface area contributed by atoms with Crippen LogP contribution in [-0.4, -0.2) is 30.5 Å². The zero-order valence-electron chi connectivity index (χ0n) is 19.8. The van der Waals surface area contributed by atoms with Crippen molar-refractivity contribution in [2.24, 2.45) is 14.1 Å². The van der Waals surface area contributed by atoms with Crippen LogP contribution in [0.5, 0.6) is 11.5 Å². The highest BCUT2D eigenvalue weighted by Gasteiger charge is 2.41. The molecule has 0 amide bonds. The molecule has 0 radical (unpaired) electrons. The van der Waals surface area contributed by atoms with E-state index in [1.807, 2.05) is 45.0 Å². The molecule has 8 heteroatoms. The van der Waals surface area contributed by atoms with Crippen LogP contribution >= 0.6 is 0 Å². The van der Waals surface area contributed by atoms with Crippen LogP contribution in [0.25, 0.3) is 22.2 Å². The van der Waals surface area contributed by atoms with Gasteiger partial charge in [-0.1, -0.05) is 23.8 Å². The highest BCUT2D eigenvalue weighted by molar-refractivity contribution is 5.97. The molecule has 1 aliphatic heterocycles. The molecule has 176 valence electrons. The van der Waals surface area contributed by atoms with Crippen molar-refractivity contribution in [2.45, 2.75) is 32.4 Å². The van der Waals surface area contributed by atoms with E-state index in [-0.39, 0.29) is 17.1 Å². The van der Waals surface area contributed by atoms with Crippen molar-refractivity contribution in [3.63, 3.8) is 0 Å². The minimum Gasteiger partial charge on any atom is -0.508 e. The van der Waals surface area contributed by atoms with E-state index in [1.54, 1.807) is 13.1 Å². The summed E-state index contributed by atoms with van der Waals surface area (Å²) in [6.45, 7) is 6.33. The maximum atomic E-state index is 13.6. The Morgan fingerprint density at radius 2 is 1.76 bits per heavy atom. The minimum absolute atomic E-state index is 0.0700. The quantitative estimate of drug-likeness (QED) is 0.477. The van der Waals surface area contributed by atoms with E-state index in [2.05, 4.69) is 4.57 Å². The predicted octanol–water partition coefficient (Wildman–Crippen LogP) is 3.28. The molecular formula is C26H27N3O5. The topological polar surface area (TPSA) is 98.6 Å². The molecule has 1 atom stereocenters. The van der Waals surface area contributed by atoms with Gasteiger partial charge < -0.3 is 19.5 Å². The van der Waals surface area contributed by atoms with E-state index in [9.17, 15) is 19.8 Å². The number of phenols is 2. The molecular weight excluding hydrogens is 434 g/mol. The van der Waals surface area contributed by atoms with Crippen LogP contribution in [0.1, 0.15) is 36.8 Å². The Hall–Kier alpha value is -3.78. The largest absolute Gasteiger partial charge is 0.508 e. The summed E-state index contributed by atoms with van der Waals surface area (Å²) in [5.74, 6) is -0.198. The monoisotopic (exact) mass is 461 g/mol. The number of aryl methyl sites for hydroxylation is 2. The molecule has 5 rings (SSSR count). The Kier molecular flexibility index (Phi) is 4.77. The average Bonchev–Trinajstić information content (AvgIpc) is 3.15. The lowest BCUT2D eigenvalue weighted by Crippen LogP contribution is -2.40. The summed E-state index contributed by atoms with van der Waals surface area (Å²) in [6, 6.07) is 12.2. The zero-order valence-corrected chi connectivity index (χ0v) is 19.8. The van der Waals surface area contributed by atoms with Crippen LogP contribution in [0.2, 0.25) is 0 Å². The number of nitrogens with zero attached hydrogens (tertiary/aromatic N) is 3. The second kappa shape index (κ2) is 7.36. The number of aromatic nitrogens is 3. The van der Waals surface area contributed by atoms with E-state index in [0.717, 1.165) is 15.7 Å². The van der Waals surface area contributed by atoms with Crippen molar-refractivity contribution in [3.05, 3.63) is 80.1 Å². The van der Waals surface area contributed by atoms with E-state index in [4.69, 9.17) is 4.74 Å². The number of aromatic hydroxyl groups is 2. The molecule has 4 aromatic rings. The average molecular weight is 462 g/mol. The first kappa shape index (κ1) is 22.0. The molecule has 2 N–H and O–H groups in total. The molecule has 8 nitrogen and oxygen atoms in total. The van der Waals surface area contributed by atoms with Crippen LogP contribution in [-0.2, 0) is 24.4 Å². The Morgan fingerprint density at radius 1 is 1.03 bits per heavy atom. The molecule has 0 fully saturated rings. The van der Waals surface area contributed by atoms with E-state index < -0.39 is 17.3 Å². The van der Waals surface area contributed by atoms with Crippen LogP contribution in [0.4, 0.5) is 0 Å². The smallest absolute Gasteiger partial charge is 0.331 e. The third kappa shape index (κ3) is 3.02. The summed E-state index contributed by atoms with van der Waals surface area (Å²) in [7, 11) is 3.12. The highest BCUT2D eigenvalue weighted by Crippen LogP contribution is 2.47. The van der Waals surface area contributed by atoms with Crippen molar-refractivity contribution in [3.8, 4) is 22.8 Å². The first-order chi connectivity index (χ1) is 16.0. The molecule has 34 heavy (non-hydrogen) atoms. The van der Waals surface area contributed by atoms with Crippen LogP contribution in [0.3, 0.4) is 0 Å². The Morgan fingerprint density at radius 3 is 2.44 bits per heavy atom. The van der Waals surface area contributed by atoms with Gasteiger partial charge in [-0.15, -0.1) is 0 Å². The van der Waals surface area contributed by atoms with Gasteiger partial charge in [0.2, 0.25) is 0 Å². The molecule has 0 bridgehead atoms. The second-order valence-electron chi connectivity index (χ2n) is 9.61. The first-order valence-corrected chi connectivity index (χ1v) is 11.1. The molecule has 2 aromatic heterocycles. The molecule has 1 aliphatic rings. The zero-order chi connectivity index (χ0) is 24.5. The van der Waals surface area contributed by atoms with Gasteiger partial charge in [0.25, 0.3) is 5.56 Å². The van der Waals surface area contributed by atoms with Crippen molar-refractivity contribution < 1.29 is 14.9 Å². The maximum Gasteiger partial charge on any atom is 0.331 e. The van der Waals surface area contributed by atoms with Gasteiger partial charge in [-0.3, -0.25) is 13.9 Å². The molecule has 0 saturated heterocycles. The van der Waals surface area contributed by atoms with Gasteiger partial charge in [0.15, 0.2) is 0 Å². The molecule has 0 aliphatic carbocycles. The Labute approximate surface area is 195 Å². The fraction of sp³-hybridized carbons (Fsp3) is 0.308. The summed E-state index contributed by atoms with van der Waals surface area (Å²) in [5, 5.41) is 20.9. The lowest BCUT2D eigenvalue weighted by molar-refractivity contribution is -0.00800. The van der Waals surface area contributed by atoms with Gasteiger partial charge in [-0.05, 0) is 44.5 Å². The highest BCUT2D eigenvalue weighted by atomic mass is 16.5. The molecule has 0 saturated carbocycles. The predicted molar refractivity (Wildman–Crippen MR) is 129 cm³/mol. The number of fused-ring (bicyclic) bond motifs is 3. The normalized spacial score (nSPS) is 17.1. The van der Waals surface area contributed by atoms with Crippen LogP contribution in [0.15, 0.2) is 52.1 Å². The summed E-state index contributed by atoms with van der Waals surface area (Å²) < 4.78 is 11.0. The van der Waals surface area contributed by atoms with E-state index >= 15 is 0 Å². The maximum absolute atomic E-state index is 13.6. The standard InChI is InChI=1S/C26H27N3O5/c1-14-7-6-8-15(11-14)20-19-21(27(4)25(33)28(5)24(19)32)22-23(34-13-26(2,3)29(20)22)17-10-9-16(30)12-18(17)31/h6-12,23,30-31H,13H2,1-5H3. The number of hydrogen-bond donors (Lipinski definition) is 2. The van der Waals surface area contributed by atoms with Crippen molar-refractivity contribution >= 4 is 10.9 Å². The third-order valence-corrected chi connectivity index (χ3v) is 6.65. The lowest BCUT2D eigenvalue weighted by Gasteiger charge is -2.39. The number of ether oxygens (including phenoxy) is 1. The minimum atomic E-state index is -0.757. The number of benzene rings is 2. The number of phenolic OH excluding ortho intramolecular Hbond substituents is 2. The Bertz CT molecular complexity index is 1590. The van der Waals surface area contributed by atoms with Crippen LogP contribution < -0.4 is 11.2 Å². The van der Waals surface area contributed by atoms with Gasteiger partial charge in [0.1, 0.15) is 17.6 Å². The summed E-state index contributed by atoms with van der Waals surface area (Å²) >= 11 is 0. The molecule has 2 aromatic carbocycles. The van der Waals surface area contributed by atoms with Crippen molar-refractivity contribution in [1.82, 2.24) is 13.7 Å². The summed E-state index contributed by atoms with van der Waals surface area (Å²) in [6.07, 6.45) is -0.757. The van der Waals surface area contributed by atoms with Gasteiger partial charge in [0.05, 0.1) is 34.4 Å². The lowest BCUT2D eigenvalue weighted by atomic mass is 9.97. The van der Waals surface area contributed by atoms with Crippen molar-refractivity contribution in [2.75, 3.05) is 6.61 Å². The SMILES string of the molecule is Cc1cccc(-c2c3c(=O)n(C)c(=O)n(C)c3c3n2C(C)(C)COC3c2ccc(O)cc2O)c1. The van der Waals surface area contributed by atoms with Gasteiger partial charge >= 0.3 is 5.69 Å². The van der Waals surface area contributed by atoms with Crippen molar-refractivity contribution in [1.29, 1.82) is 0 Å². The van der Waals surface area contributed by atoms with E-state index in [1.165, 1.54) is 23.7 Å². The number of hydrogen-bond acceptors (Lipinski definition) is 5. The molecule has 1 unspecified atom stereocenters. The Balaban J connectivity index is 2.02. The van der Waals surface area contributed by atoms with Gasteiger partial charge in [0, 0.05) is 25.7 Å². The van der Waals surface area contributed by atoms with E-state index in [0.29, 0.717) is 34.5 Å². The molecule has 0 spiro atoms. The summed E-state index contributed by atoms with van der Waals surface area (Å²) in [4.78, 5) is 26.6. The van der Waals surface area contributed by atoms with Gasteiger partial charge in [-0.2, -0.15) is 0 Å². The molecule has 3 heterocycles. The summed E-state index contributed by atoms with van der Waals surface area (Å²) in [5.41, 5.74) is 2.74. The second-order valence-corrected chi connectivity index (χ2v) is 9.61. The third-order valence-electron chi connectivity index (χ3n) is 6.65. The van der Waals surface area contributed by atoms with Crippen LogP contribution in [0, 0.1) is 6.92 Å². The van der Waals surface area contributed by atoms with Gasteiger partial charge in [-0.25, -0.2) is 4.79 Å².